The lowest BCUT2D eigenvalue weighted by Crippen LogP contribution is -2.47. The van der Waals surface area contributed by atoms with Crippen LogP contribution in [-0.2, 0) is 9.47 Å². The van der Waals surface area contributed by atoms with Crippen LogP contribution in [0, 0.1) is 0 Å². The van der Waals surface area contributed by atoms with Gasteiger partial charge in [0.2, 0.25) is 0 Å². The van der Waals surface area contributed by atoms with E-state index in [4.69, 9.17) is 21.7 Å². The summed E-state index contributed by atoms with van der Waals surface area (Å²) in [6.07, 6.45) is 4.74. The molecule has 5 heteroatoms. The fourth-order valence-electron chi connectivity index (χ4n) is 2.17. The Kier molecular flexibility index (Phi) is 9.12. The van der Waals surface area contributed by atoms with E-state index in [-0.39, 0.29) is 0 Å². The molecule has 0 bridgehead atoms. The molecule has 1 atom stereocenters. The molecule has 112 valence electrons. The summed E-state index contributed by atoms with van der Waals surface area (Å²) >= 11 is 5.44. The van der Waals surface area contributed by atoms with Crippen LogP contribution in [0.3, 0.4) is 0 Å². The molecule has 1 aliphatic rings. The quantitative estimate of drug-likeness (QED) is 0.547. The van der Waals surface area contributed by atoms with Crippen molar-refractivity contribution in [2.24, 2.45) is 0 Å². The smallest absolute Gasteiger partial charge is 0.169 e. The molecule has 0 amide bonds. The van der Waals surface area contributed by atoms with Gasteiger partial charge in [0.1, 0.15) is 0 Å². The van der Waals surface area contributed by atoms with Crippen LogP contribution in [0.2, 0.25) is 0 Å². The third-order valence-electron chi connectivity index (χ3n) is 3.17. The minimum Gasteiger partial charge on any atom is -0.382 e. The molecule has 0 saturated carbocycles. The largest absolute Gasteiger partial charge is 0.382 e. The Labute approximate surface area is 122 Å². The van der Waals surface area contributed by atoms with Crippen molar-refractivity contribution < 1.29 is 9.47 Å². The van der Waals surface area contributed by atoms with Gasteiger partial charge < -0.3 is 19.7 Å². The number of nitrogens with zero attached hydrogens (tertiary/aromatic N) is 1. The fraction of sp³-hybridized carbons (Fsp3) is 0.929. The molecule has 1 heterocycles. The SMILES string of the molecule is CCCOC1CCCN(C(=S)NCCCOCC)C1. The third kappa shape index (κ3) is 7.09. The summed E-state index contributed by atoms with van der Waals surface area (Å²) in [4.78, 5) is 2.24. The summed E-state index contributed by atoms with van der Waals surface area (Å²) in [5.41, 5.74) is 0. The number of likely N-dealkylation sites (tertiary alicyclic amines) is 1. The summed E-state index contributed by atoms with van der Waals surface area (Å²) in [5, 5.41) is 4.17. The molecule has 1 N–H and O–H groups in total. The molecule has 4 nitrogen and oxygen atoms in total. The third-order valence-corrected chi connectivity index (χ3v) is 3.57. The minimum atomic E-state index is 0.344. The zero-order valence-corrected chi connectivity index (χ0v) is 13.1. The van der Waals surface area contributed by atoms with Gasteiger partial charge in [-0.2, -0.15) is 0 Å². The van der Waals surface area contributed by atoms with Crippen molar-refractivity contribution in [2.75, 3.05) is 39.5 Å². The van der Waals surface area contributed by atoms with Gasteiger partial charge in [-0.25, -0.2) is 0 Å². The van der Waals surface area contributed by atoms with E-state index in [1.807, 2.05) is 6.92 Å². The van der Waals surface area contributed by atoms with Crippen molar-refractivity contribution in [2.45, 2.75) is 45.6 Å². The minimum absolute atomic E-state index is 0.344. The van der Waals surface area contributed by atoms with Crippen LogP contribution in [0.15, 0.2) is 0 Å². The molecule has 1 rings (SSSR count). The Bertz CT molecular complexity index is 252. The topological polar surface area (TPSA) is 33.7 Å². The summed E-state index contributed by atoms with van der Waals surface area (Å²) < 4.78 is 11.1. The summed E-state index contributed by atoms with van der Waals surface area (Å²) in [5.74, 6) is 0. The number of thiocarbonyl (C=S) groups is 1. The van der Waals surface area contributed by atoms with Gasteiger partial charge in [-0.05, 0) is 44.8 Å². The van der Waals surface area contributed by atoms with Gasteiger partial charge in [0, 0.05) is 39.5 Å². The second-order valence-electron chi connectivity index (χ2n) is 4.86. The maximum absolute atomic E-state index is 5.82. The highest BCUT2D eigenvalue weighted by Gasteiger charge is 2.21. The standard InChI is InChI=1S/C14H28N2O2S/c1-3-10-18-13-7-5-9-16(12-13)14(19)15-8-6-11-17-4-2/h13H,3-12H2,1-2H3,(H,15,19). The normalized spacial score (nSPS) is 19.5. The first kappa shape index (κ1) is 16.7. The molecule has 1 aliphatic heterocycles. The Morgan fingerprint density at radius 3 is 2.95 bits per heavy atom. The summed E-state index contributed by atoms with van der Waals surface area (Å²) in [6.45, 7) is 9.46. The first-order valence-electron chi connectivity index (χ1n) is 7.50. The van der Waals surface area contributed by atoms with Crippen molar-refractivity contribution in [1.82, 2.24) is 10.2 Å². The first-order chi connectivity index (χ1) is 9.27. The highest BCUT2D eigenvalue weighted by atomic mass is 32.1. The van der Waals surface area contributed by atoms with E-state index in [1.165, 1.54) is 0 Å². The summed E-state index contributed by atoms with van der Waals surface area (Å²) in [7, 11) is 0. The van der Waals surface area contributed by atoms with Gasteiger partial charge in [-0.15, -0.1) is 0 Å². The van der Waals surface area contributed by atoms with E-state index < -0.39 is 0 Å². The van der Waals surface area contributed by atoms with Crippen molar-refractivity contribution in [3.8, 4) is 0 Å². The van der Waals surface area contributed by atoms with Crippen LogP contribution in [-0.4, -0.2) is 55.6 Å². The van der Waals surface area contributed by atoms with E-state index in [1.54, 1.807) is 0 Å². The Morgan fingerprint density at radius 2 is 2.21 bits per heavy atom. The number of piperidine rings is 1. The second kappa shape index (κ2) is 10.4. The molecule has 1 saturated heterocycles. The van der Waals surface area contributed by atoms with Crippen molar-refractivity contribution in [3.63, 3.8) is 0 Å². The van der Waals surface area contributed by atoms with Crippen LogP contribution in [0.25, 0.3) is 0 Å². The molecular formula is C14H28N2O2S. The van der Waals surface area contributed by atoms with Crippen LogP contribution < -0.4 is 5.32 Å². The van der Waals surface area contributed by atoms with Crippen LogP contribution in [0.5, 0.6) is 0 Å². The molecule has 1 unspecified atom stereocenters. The molecule has 0 aromatic rings. The predicted molar refractivity (Wildman–Crippen MR) is 82.5 cm³/mol. The van der Waals surface area contributed by atoms with Gasteiger partial charge in [-0.1, -0.05) is 6.92 Å². The predicted octanol–water partition coefficient (Wildman–Crippen LogP) is 2.18. The maximum Gasteiger partial charge on any atom is 0.169 e. The molecule has 1 fully saturated rings. The van der Waals surface area contributed by atoms with E-state index in [2.05, 4.69) is 17.1 Å². The average molecular weight is 288 g/mol. The van der Waals surface area contributed by atoms with Crippen LogP contribution in [0.1, 0.15) is 39.5 Å². The van der Waals surface area contributed by atoms with Crippen molar-refractivity contribution >= 4 is 17.3 Å². The number of rotatable bonds is 8. The lowest BCUT2D eigenvalue weighted by Gasteiger charge is -2.34. The van der Waals surface area contributed by atoms with Crippen LogP contribution >= 0.6 is 12.2 Å². The molecule has 0 aliphatic carbocycles. The Balaban J connectivity index is 2.16. The van der Waals surface area contributed by atoms with Crippen LogP contribution in [0.4, 0.5) is 0 Å². The number of ether oxygens (including phenoxy) is 2. The van der Waals surface area contributed by atoms with E-state index in [0.717, 1.165) is 70.3 Å². The second-order valence-corrected chi connectivity index (χ2v) is 5.25. The Hall–Kier alpha value is -0.390. The summed E-state index contributed by atoms with van der Waals surface area (Å²) in [6, 6.07) is 0. The monoisotopic (exact) mass is 288 g/mol. The van der Waals surface area contributed by atoms with Crippen molar-refractivity contribution in [3.05, 3.63) is 0 Å². The highest BCUT2D eigenvalue weighted by molar-refractivity contribution is 7.80. The van der Waals surface area contributed by atoms with Gasteiger partial charge in [-0.3, -0.25) is 0 Å². The molecule has 0 aromatic carbocycles. The molecule has 0 aromatic heterocycles. The zero-order chi connectivity index (χ0) is 13.9. The van der Waals surface area contributed by atoms with Gasteiger partial charge in [0.15, 0.2) is 5.11 Å². The van der Waals surface area contributed by atoms with E-state index in [9.17, 15) is 0 Å². The number of hydrogen-bond donors (Lipinski definition) is 1. The number of nitrogens with one attached hydrogen (secondary N) is 1. The molecule has 0 radical (unpaired) electrons. The zero-order valence-electron chi connectivity index (χ0n) is 12.3. The van der Waals surface area contributed by atoms with Gasteiger partial charge in [0.25, 0.3) is 0 Å². The fourth-order valence-corrected chi connectivity index (χ4v) is 2.44. The van der Waals surface area contributed by atoms with Gasteiger partial charge >= 0.3 is 0 Å². The number of hydrogen-bond acceptors (Lipinski definition) is 3. The lowest BCUT2D eigenvalue weighted by molar-refractivity contribution is 0.0164. The molecule has 19 heavy (non-hydrogen) atoms. The van der Waals surface area contributed by atoms with Crippen molar-refractivity contribution in [1.29, 1.82) is 0 Å². The Morgan fingerprint density at radius 1 is 1.37 bits per heavy atom. The van der Waals surface area contributed by atoms with E-state index >= 15 is 0 Å². The van der Waals surface area contributed by atoms with E-state index in [0.29, 0.717) is 6.10 Å². The average Bonchev–Trinajstić information content (AvgIpc) is 2.45. The van der Waals surface area contributed by atoms with Gasteiger partial charge in [0.05, 0.1) is 6.10 Å². The maximum atomic E-state index is 5.82. The molecular weight excluding hydrogens is 260 g/mol. The lowest BCUT2D eigenvalue weighted by atomic mass is 10.1. The first-order valence-corrected chi connectivity index (χ1v) is 7.90. The highest BCUT2D eigenvalue weighted by Crippen LogP contribution is 2.13. The molecule has 0 spiro atoms.